The Morgan fingerprint density at radius 2 is 1.70 bits per heavy atom. The summed E-state index contributed by atoms with van der Waals surface area (Å²) in [5.41, 5.74) is 4.43. The third kappa shape index (κ3) is 5.28. The van der Waals surface area contributed by atoms with Gasteiger partial charge in [-0.1, -0.05) is 23.8 Å². The van der Waals surface area contributed by atoms with E-state index < -0.39 is 21.8 Å². The maximum atomic E-state index is 13.3. The number of allylic oxidation sites excluding steroid dienone is 2. The SMILES string of the molecule is COC(=O)C1=C(C)N(c2ccc(C)c(C)c2)/C(=C/c2ccc(CNS(=O)(=O)c3ccc(C)cc3)o2)C1=O. The van der Waals surface area contributed by atoms with E-state index in [2.05, 4.69) is 4.72 Å². The Balaban J connectivity index is 1.63. The van der Waals surface area contributed by atoms with Crippen LogP contribution < -0.4 is 9.62 Å². The smallest absolute Gasteiger partial charge is 0.343 e. The zero-order valence-electron chi connectivity index (χ0n) is 21.3. The summed E-state index contributed by atoms with van der Waals surface area (Å²) in [6.45, 7) is 7.46. The van der Waals surface area contributed by atoms with Crippen molar-refractivity contribution in [3.8, 4) is 0 Å². The molecule has 0 radical (unpaired) electrons. The first kappa shape index (κ1) is 26.1. The molecule has 0 unspecified atom stereocenters. The van der Waals surface area contributed by atoms with Crippen molar-refractivity contribution in [2.24, 2.45) is 0 Å². The van der Waals surface area contributed by atoms with E-state index in [1.54, 1.807) is 36.1 Å². The van der Waals surface area contributed by atoms with E-state index in [9.17, 15) is 18.0 Å². The maximum Gasteiger partial charge on any atom is 0.343 e. The molecule has 0 saturated carbocycles. The van der Waals surface area contributed by atoms with Crippen molar-refractivity contribution in [1.29, 1.82) is 0 Å². The quantitative estimate of drug-likeness (QED) is 0.277. The first-order chi connectivity index (χ1) is 17.5. The number of hydrogen-bond acceptors (Lipinski definition) is 7. The van der Waals surface area contributed by atoms with Gasteiger partial charge in [-0.05, 0) is 75.2 Å². The molecule has 0 fully saturated rings. The molecule has 0 bridgehead atoms. The molecular formula is C28H28N2O6S. The second kappa shape index (κ2) is 10.2. The molecule has 0 amide bonds. The van der Waals surface area contributed by atoms with Crippen LogP contribution in [0.5, 0.6) is 0 Å². The lowest BCUT2D eigenvalue weighted by atomic mass is 10.1. The van der Waals surface area contributed by atoms with Gasteiger partial charge in [-0.15, -0.1) is 0 Å². The molecule has 1 N–H and O–H groups in total. The molecule has 3 aromatic rings. The average Bonchev–Trinajstić information content (AvgIpc) is 3.41. The molecule has 192 valence electrons. The molecule has 0 atom stereocenters. The van der Waals surface area contributed by atoms with Crippen molar-refractivity contribution in [1.82, 2.24) is 4.72 Å². The molecule has 1 aliphatic rings. The molecule has 0 aliphatic carbocycles. The van der Waals surface area contributed by atoms with Crippen molar-refractivity contribution in [2.45, 2.75) is 39.1 Å². The van der Waals surface area contributed by atoms with E-state index in [1.165, 1.54) is 25.3 Å². The minimum Gasteiger partial charge on any atom is -0.465 e. The van der Waals surface area contributed by atoms with Gasteiger partial charge in [0.2, 0.25) is 15.8 Å². The zero-order valence-corrected chi connectivity index (χ0v) is 22.1. The highest BCUT2D eigenvalue weighted by atomic mass is 32.2. The van der Waals surface area contributed by atoms with Crippen LogP contribution in [0.1, 0.15) is 35.1 Å². The number of carbonyl (C=O) groups is 2. The van der Waals surface area contributed by atoms with E-state index in [0.717, 1.165) is 22.4 Å². The molecule has 9 heteroatoms. The van der Waals surface area contributed by atoms with Gasteiger partial charge in [0, 0.05) is 17.5 Å². The number of Topliss-reactive ketones (excluding diaryl/α,β-unsaturated/α-hetero) is 1. The standard InChI is InChI=1S/C28H28N2O6S/c1-17-6-12-24(13-7-17)37(33,34)29-16-23-11-10-22(36-23)15-25-27(31)26(28(32)35-5)20(4)30(25)21-9-8-18(2)19(3)14-21/h6-15,29H,16H2,1-5H3/b25-15+. The van der Waals surface area contributed by atoms with E-state index in [4.69, 9.17) is 9.15 Å². The molecular weight excluding hydrogens is 492 g/mol. The van der Waals surface area contributed by atoms with E-state index in [1.807, 2.05) is 39.0 Å². The molecule has 2 heterocycles. The molecule has 0 spiro atoms. The summed E-state index contributed by atoms with van der Waals surface area (Å²) in [6, 6.07) is 15.6. The van der Waals surface area contributed by atoms with Crippen LogP contribution >= 0.6 is 0 Å². The average molecular weight is 521 g/mol. The van der Waals surface area contributed by atoms with Crippen molar-refractivity contribution < 1.29 is 27.2 Å². The number of esters is 1. The van der Waals surface area contributed by atoms with Crippen molar-refractivity contribution >= 4 is 33.5 Å². The fraction of sp³-hybridized carbons (Fsp3) is 0.214. The molecule has 4 rings (SSSR count). The van der Waals surface area contributed by atoms with Crippen molar-refractivity contribution in [3.05, 3.63) is 99.8 Å². The van der Waals surface area contributed by atoms with Gasteiger partial charge in [0.1, 0.15) is 17.1 Å². The Kier molecular flexibility index (Phi) is 7.20. The van der Waals surface area contributed by atoms with Crippen LogP contribution in [0.4, 0.5) is 5.69 Å². The Morgan fingerprint density at radius 1 is 1.00 bits per heavy atom. The van der Waals surface area contributed by atoms with Crippen LogP contribution in [0.3, 0.4) is 0 Å². The minimum absolute atomic E-state index is 0.0513. The first-order valence-electron chi connectivity index (χ1n) is 11.6. The number of methoxy groups -OCH3 is 1. The lowest BCUT2D eigenvalue weighted by Gasteiger charge is -2.22. The number of carbonyl (C=O) groups excluding carboxylic acids is 2. The van der Waals surface area contributed by atoms with Gasteiger partial charge in [0.05, 0.1) is 24.2 Å². The van der Waals surface area contributed by atoms with Crippen LogP contribution in [0, 0.1) is 20.8 Å². The van der Waals surface area contributed by atoms with Gasteiger partial charge >= 0.3 is 5.97 Å². The lowest BCUT2D eigenvalue weighted by molar-refractivity contribution is -0.137. The van der Waals surface area contributed by atoms with Crippen LogP contribution in [0.25, 0.3) is 6.08 Å². The number of ether oxygens (including phenoxy) is 1. The highest BCUT2D eigenvalue weighted by Crippen LogP contribution is 2.36. The molecule has 2 aromatic carbocycles. The highest BCUT2D eigenvalue weighted by Gasteiger charge is 2.38. The topological polar surface area (TPSA) is 106 Å². The number of sulfonamides is 1. The monoisotopic (exact) mass is 520 g/mol. The van der Waals surface area contributed by atoms with Crippen LogP contribution in [-0.4, -0.2) is 27.3 Å². The number of nitrogens with one attached hydrogen (secondary N) is 1. The number of aryl methyl sites for hydroxylation is 3. The second-order valence-corrected chi connectivity index (χ2v) is 10.6. The zero-order chi connectivity index (χ0) is 26.9. The third-order valence-corrected chi connectivity index (χ3v) is 7.68. The molecule has 0 saturated heterocycles. The summed E-state index contributed by atoms with van der Waals surface area (Å²) in [5.74, 6) is -0.504. The predicted octanol–water partition coefficient (Wildman–Crippen LogP) is 4.56. The number of ketones is 1. The summed E-state index contributed by atoms with van der Waals surface area (Å²) in [7, 11) is -2.49. The van der Waals surface area contributed by atoms with Gasteiger partial charge < -0.3 is 14.1 Å². The fourth-order valence-corrected chi connectivity index (χ4v) is 5.02. The molecule has 8 nitrogen and oxygen atoms in total. The van der Waals surface area contributed by atoms with Crippen molar-refractivity contribution in [2.75, 3.05) is 12.0 Å². The van der Waals surface area contributed by atoms with Gasteiger partial charge in [-0.2, -0.15) is 0 Å². The van der Waals surface area contributed by atoms with Crippen LogP contribution in [0.2, 0.25) is 0 Å². The van der Waals surface area contributed by atoms with Gasteiger partial charge in [0.25, 0.3) is 0 Å². The number of furan rings is 1. The minimum atomic E-state index is -3.72. The van der Waals surface area contributed by atoms with E-state index >= 15 is 0 Å². The summed E-state index contributed by atoms with van der Waals surface area (Å²) >= 11 is 0. The largest absolute Gasteiger partial charge is 0.465 e. The van der Waals surface area contributed by atoms with E-state index in [-0.39, 0.29) is 22.7 Å². The summed E-state index contributed by atoms with van der Waals surface area (Å²) in [5, 5.41) is 0. The third-order valence-electron chi connectivity index (χ3n) is 6.27. The molecule has 1 aliphatic heterocycles. The Morgan fingerprint density at radius 3 is 2.35 bits per heavy atom. The second-order valence-electron chi connectivity index (χ2n) is 8.86. The predicted molar refractivity (Wildman–Crippen MR) is 140 cm³/mol. The first-order valence-corrected chi connectivity index (χ1v) is 13.1. The Hall–Kier alpha value is -3.95. The summed E-state index contributed by atoms with van der Waals surface area (Å²) in [4.78, 5) is 27.6. The van der Waals surface area contributed by atoms with E-state index in [0.29, 0.717) is 17.2 Å². The number of benzene rings is 2. The molecule has 1 aromatic heterocycles. The maximum absolute atomic E-state index is 13.3. The van der Waals surface area contributed by atoms with Crippen LogP contribution in [-0.2, 0) is 30.9 Å². The lowest BCUT2D eigenvalue weighted by Crippen LogP contribution is -2.22. The number of nitrogens with zero attached hydrogens (tertiary/aromatic N) is 1. The normalized spacial score (nSPS) is 15.1. The fourth-order valence-electron chi connectivity index (χ4n) is 4.03. The molecule has 37 heavy (non-hydrogen) atoms. The van der Waals surface area contributed by atoms with Gasteiger partial charge in [0.15, 0.2) is 0 Å². The Bertz CT molecular complexity index is 1550. The van der Waals surface area contributed by atoms with Crippen LogP contribution in [0.15, 0.2) is 80.9 Å². The summed E-state index contributed by atoms with van der Waals surface area (Å²) < 4.78 is 38.4. The number of hydrogen-bond donors (Lipinski definition) is 1. The van der Waals surface area contributed by atoms with Gasteiger partial charge in [-0.3, -0.25) is 4.79 Å². The highest BCUT2D eigenvalue weighted by molar-refractivity contribution is 7.89. The number of anilines is 1. The number of rotatable bonds is 7. The Labute approximate surface area is 216 Å². The van der Waals surface area contributed by atoms with Gasteiger partial charge in [-0.25, -0.2) is 17.9 Å². The van der Waals surface area contributed by atoms with Crippen molar-refractivity contribution in [3.63, 3.8) is 0 Å². The summed E-state index contributed by atoms with van der Waals surface area (Å²) in [6.07, 6.45) is 1.54.